The summed E-state index contributed by atoms with van der Waals surface area (Å²) in [5, 5.41) is 12.0. The van der Waals surface area contributed by atoms with Crippen molar-refractivity contribution in [1.29, 1.82) is 0 Å². The van der Waals surface area contributed by atoms with Gasteiger partial charge in [-0.25, -0.2) is 0 Å². The molecule has 1 aliphatic carbocycles. The van der Waals surface area contributed by atoms with E-state index in [1.807, 2.05) is 22.7 Å². The van der Waals surface area contributed by atoms with E-state index in [-0.39, 0.29) is 16.2 Å². The molecule has 2 aliphatic rings. The molecule has 12 rings (SSSR count). The molecule has 0 saturated carbocycles. The van der Waals surface area contributed by atoms with Gasteiger partial charge in [0.2, 0.25) is 0 Å². The lowest BCUT2D eigenvalue weighted by Gasteiger charge is -2.42. The number of nitrogens with one attached hydrogen (secondary N) is 1. The highest BCUT2D eigenvalue weighted by Crippen LogP contribution is 2.50. The van der Waals surface area contributed by atoms with Crippen molar-refractivity contribution < 1.29 is 0 Å². The lowest BCUT2D eigenvalue weighted by molar-refractivity contribution is 0.332. The molecule has 1 N–H and O–H groups in total. The van der Waals surface area contributed by atoms with Crippen LogP contribution in [0, 0.1) is 0 Å². The van der Waals surface area contributed by atoms with Gasteiger partial charge >= 0.3 is 0 Å². The molecular formula is C54H46BN2S2. The molecule has 3 aromatic heterocycles. The smallest absolute Gasteiger partial charge is 0.197 e. The molecule has 59 heavy (non-hydrogen) atoms. The highest BCUT2D eigenvalue weighted by atomic mass is 32.1. The Hall–Kier alpha value is -5.36. The molecule has 1 aliphatic heterocycles. The summed E-state index contributed by atoms with van der Waals surface area (Å²) in [6, 6.07) is 46.7. The normalized spacial score (nSPS) is 15.6. The van der Waals surface area contributed by atoms with Crippen LogP contribution in [0.4, 0.5) is 11.4 Å². The third-order valence-electron chi connectivity index (χ3n) is 13.8. The predicted octanol–water partition coefficient (Wildman–Crippen LogP) is 14.5. The van der Waals surface area contributed by atoms with Crippen LogP contribution in [-0.2, 0) is 16.2 Å². The Morgan fingerprint density at radius 3 is 1.88 bits per heavy atom. The summed E-state index contributed by atoms with van der Waals surface area (Å²) in [4.78, 5) is 0. The van der Waals surface area contributed by atoms with Crippen LogP contribution in [0.1, 0.15) is 78.0 Å². The molecule has 0 saturated heterocycles. The molecule has 4 heterocycles. The summed E-state index contributed by atoms with van der Waals surface area (Å²) in [6.07, 6.45) is 2.34. The maximum absolute atomic E-state index is 4.00. The first-order valence-corrected chi connectivity index (χ1v) is 22.8. The standard InChI is InChI=1S/C54H46BN2S2/c1-52(2,3)30-16-18-31(19-17-30)56-43-27-41-40(53(4,5)22-23-54(41,6)7)25-36(43)34-20-21-35-37-24-38-32-12-8-10-14-46(32)59-49(38)29-44(37)57-45-26-39-33-13-9-11-15-47(33)58-48(39)28-42(45)55-50(34)51(35)57/h8-21,24-29,56H,22-23H2,1-7H3. The monoisotopic (exact) mass is 797 g/mol. The topological polar surface area (TPSA) is 17.0 Å². The van der Waals surface area contributed by atoms with Crippen molar-refractivity contribution in [3.05, 3.63) is 138 Å². The zero-order chi connectivity index (χ0) is 40.2. The summed E-state index contributed by atoms with van der Waals surface area (Å²) < 4.78 is 7.95. The number of aromatic nitrogens is 1. The number of nitrogens with zero attached hydrogens (tertiary/aromatic N) is 1. The Balaban J connectivity index is 1.16. The summed E-state index contributed by atoms with van der Waals surface area (Å²) in [5.41, 5.74) is 15.7. The van der Waals surface area contributed by atoms with Gasteiger partial charge in [-0.1, -0.05) is 115 Å². The van der Waals surface area contributed by atoms with Gasteiger partial charge in [0, 0.05) is 79.3 Å². The van der Waals surface area contributed by atoms with Crippen LogP contribution in [0.15, 0.2) is 121 Å². The largest absolute Gasteiger partial charge is 0.355 e. The molecule has 0 atom stereocenters. The van der Waals surface area contributed by atoms with Gasteiger partial charge in [-0.3, -0.25) is 0 Å². The maximum Gasteiger partial charge on any atom is 0.197 e. The number of hydrogen-bond acceptors (Lipinski definition) is 3. The first-order valence-electron chi connectivity index (χ1n) is 21.1. The molecule has 7 aromatic carbocycles. The van der Waals surface area contributed by atoms with Gasteiger partial charge in [0.15, 0.2) is 7.28 Å². The number of fused-ring (bicyclic) bond motifs is 12. The van der Waals surface area contributed by atoms with Crippen LogP contribution in [0.3, 0.4) is 0 Å². The Morgan fingerprint density at radius 2 is 1.20 bits per heavy atom. The van der Waals surface area contributed by atoms with Crippen LogP contribution in [0.25, 0.3) is 79.0 Å². The Morgan fingerprint density at radius 1 is 0.576 bits per heavy atom. The summed E-state index contributed by atoms with van der Waals surface area (Å²) >= 11 is 3.81. The summed E-state index contributed by atoms with van der Waals surface area (Å²) in [6.45, 7) is 16.6. The van der Waals surface area contributed by atoms with Gasteiger partial charge in [-0.2, -0.15) is 0 Å². The average Bonchev–Trinajstić information content (AvgIpc) is 3.87. The van der Waals surface area contributed by atoms with Gasteiger partial charge in [-0.05, 0) is 117 Å². The zero-order valence-electron chi connectivity index (χ0n) is 34.8. The molecule has 0 spiro atoms. The minimum Gasteiger partial charge on any atom is -0.355 e. The molecule has 2 nitrogen and oxygen atoms in total. The van der Waals surface area contributed by atoms with Crippen LogP contribution in [0.5, 0.6) is 0 Å². The third kappa shape index (κ3) is 5.23. The van der Waals surface area contributed by atoms with Crippen LogP contribution in [-0.4, -0.2) is 11.8 Å². The molecule has 5 heteroatoms. The van der Waals surface area contributed by atoms with Crippen molar-refractivity contribution in [2.45, 2.75) is 77.6 Å². The summed E-state index contributed by atoms with van der Waals surface area (Å²) in [7, 11) is 2.50. The highest BCUT2D eigenvalue weighted by Gasteiger charge is 2.38. The quantitative estimate of drug-likeness (QED) is 0.176. The first kappa shape index (κ1) is 35.6. The Kier molecular flexibility index (Phi) is 7.31. The van der Waals surface area contributed by atoms with Gasteiger partial charge < -0.3 is 9.88 Å². The Bertz CT molecular complexity index is 3420. The number of benzene rings is 7. The van der Waals surface area contributed by atoms with Gasteiger partial charge in [0.05, 0.1) is 5.52 Å². The van der Waals surface area contributed by atoms with E-state index >= 15 is 0 Å². The maximum atomic E-state index is 4.00. The number of thiophene rings is 2. The fourth-order valence-corrected chi connectivity index (χ4v) is 12.6. The molecule has 0 amide bonds. The number of rotatable bonds is 3. The van der Waals surface area contributed by atoms with E-state index in [1.165, 1.54) is 125 Å². The molecular weight excluding hydrogens is 752 g/mol. The second-order valence-electron chi connectivity index (χ2n) is 19.5. The van der Waals surface area contributed by atoms with Gasteiger partial charge in [-0.15, -0.1) is 22.7 Å². The minimum absolute atomic E-state index is 0.0698. The second kappa shape index (κ2) is 12.1. The van der Waals surface area contributed by atoms with Crippen molar-refractivity contribution in [3.8, 4) is 16.8 Å². The van der Waals surface area contributed by atoms with Gasteiger partial charge in [0.1, 0.15) is 0 Å². The van der Waals surface area contributed by atoms with E-state index in [1.54, 1.807) is 0 Å². The van der Waals surface area contributed by atoms with Gasteiger partial charge in [0.25, 0.3) is 0 Å². The lowest BCUT2D eigenvalue weighted by Crippen LogP contribution is -2.37. The fourth-order valence-electron chi connectivity index (χ4n) is 10.4. The van der Waals surface area contributed by atoms with E-state index in [4.69, 9.17) is 0 Å². The molecule has 10 aromatic rings. The molecule has 0 unspecified atom stereocenters. The summed E-state index contributed by atoms with van der Waals surface area (Å²) in [5.74, 6) is 0. The van der Waals surface area contributed by atoms with E-state index in [2.05, 4.69) is 187 Å². The van der Waals surface area contributed by atoms with Crippen LogP contribution < -0.4 is 16.2 Å². The zero-order valence-corrected chi connectivity index (χ0v) is 36.4. The number of anilines is 2. The predicted molar refractivity (Wildman–Crippen MR) is 261 cm³/mol. The van der Waals surface area contributed by atoms with E-state index < -0.39 is 0 Å². The first-order chi connectivity index (χ1) is 28.3. The lowest BCUT2D eigenvalue weighted by atomic mass is 9.58. The van der Waals surface area contributed by atoms with Crippen molar-refractivity contribution in [2.75, 3.05) is 5.32 Å². The molecule has 1 radical (unpaired) electrons. The third-order valence-corrected chi connectivity index (χ3v) is 16.1. The number of hydrogen-bond donors (Lipinski definition) is 1. The molecule has 0 bridgehead atoms. The van der Waals surface area contributed by atoms with Crippen LogP contribution in [0.2, 0.25) is 0 Å². The van der Waals surface area contributed by atoms with Crippen molar-refractivity contribution in [1.82, 2.24) is 4.57 Å². The fraction of sp³-hybridized carbons (Fsp3) is 0.222. The molecule has 287 valence electrons. The second-order valence-corrected chi connectivity index (χ2v) is 21.7. The highest BCUT2D eigenvalue weighted by molar-refractivity contribution is 7.26. The van der Waals surface area contributed by atoms with Crippen LogP contribution >= 0.6 is 22.7 Å². The Labute approximate surface area is 354 Å². The molecule has 0 fully saturated rings. The van der Waals surface area contributed by atoms with Crippen molar-refractivity contribution >= 4 is 114 Å². The van der Waals surface area contributed by atoms with E-state index in [9.17, 15) is 0 Å². The van der Waals surface area contributed by atoms with E-state index in [0.717, 1.165) is 5.69 Å². The SMILES string of the molecule is CC(C)(C)c1ccc(Nc2cc3c(cc2-c2ccc4c5cc6c(cc5n5c4c2[B]c2cc4sc7ccccc7c4cc2-5)sc2ccccc26)C(C)(C)CCC3(C)C)cc1. The van der Waals surface area contributed by atoms with E-state index in [0.29, 0.717) is 0 Å². The minimum atomic E-state index is 0.0698. The average molecular weight is 798 g/mol. The van der Waals surface area contributed by atoms with Crippen molar-refractivity contribution in [3.63, 3.8) is 0 Å². The van der Waals surface area contributed by atoms with Crippen molar-refractivity contribution in [2.24, 2.45) is 0 Å².